The van der Waals surface area contributed by atoms with Crippen LogP contribution >= 0.6 is 15.9 Å². The predicted octanol–water partition coefficient (Wildman–Crippen LogP) is 6.33. The van der Waals surface area contributed by atoms with Gasteiger partial charge in [0.2, 0.25) is 0 Å². The highest BCUT2D eigenvalue weighted by atomic mass is 79.9. The van der Waals surface area contributed by atoms with Crippen LogP contribution < -0.4 is 5.43 Å². The number of phenolic OH excluding ortho intramolecular Hbond substituents is 1. The summed E-state index contributed by atoms with van der Waals surface area (Å²) < 4.78 is 6.69. The highest BCUT2D eigenvalue weighted by Crippen LogP contribution is 2.34. The van der Waals surface area contributed by atoms with Crippen LogP contribution in [0.15, 0.2) is 98.9 Å². The first-order valence-corrected chi connectivity index (χ1v) is 11.0. The van der Waals surface area contributed by atoms with E-state index in [1.54, 1.807) is 36.4 Å². The summed E-state index contributed by atoms with van der Waals surface area (Å²) in [7, 11) is 0. The number of aromatic nitrogens is 1. The smallest absolute Gasteiger partial charge is 0.288 e. The highest BCUT2D eigenvalue weighted by Gasteiger charge is 2.19. The molecule has 162 valence electrons. The van der Waals surface area contributed by atoms with Crippen molar-refractivity contribution in [2.45, 2.75) is 0 Å². The number of amides is 1. The molecule has 0 aliphatic rings. The van der Waals surface area contributed by atoms with Gasteiger partial charge < -0.3 is 14.5 Å². The molecule has 0 radical (unpaired) electrons. The summed E-state index contributed by atoms with van der Waals surface area (Å²) in [4.78, 5) is 16.2. The molecule has 0 aliphatic carbocycles. The molecule has 5 aromatic rings. The Bertz CT molecular complexity index is 1470. The van der Waals surface area contributed by atoms with Gasteiger partial charge in [-0.2, -0.15) is 5.10 Å². The standard InChI is InChI=1S/C26H18BrN3O3/c27-18-8-12-22-21(14-18)24(17-4-2-1-3-5-17)25(29-22)26(32)30-28-15-20-11-13-23(33-20)16-6-9-19(31)10-7-16/h1-15,29,31H,(H,30,32)/b28-15+. The highest BCUT2D eigenvalue weighted by molar-refractivity contribution is 9.10. The summed E-state index contributed by atoms with van der Waals surface area (Å²) in [6.07, 6.45) is 1.45. The third-order valence-electron chi connectivity index (χ3n) is 5.19. The number of benzene rings is 3. The maximum absolute atomic E-state index is 13.0. The topological polar surface area (TPSA) is 90.6 Å². The zero-order valence-corrected chi connectivity index (χ0v) is 18.8. The molecule has 33 heavy (non-hydrogen) atoms. The number of hydrogen-bond donors (Lipinski definition) is 3. The predicted molar refractivity (Wildman–Crippen MR) is 132 cm³/mol. The Kier molecular flexibility index (Phi) is 5.54. The molecule has 7 heteroatoms. The molecule has 0 saturated heterocycles. The molecule has 1 amide bonds. The molecule has 2 heterocycles. The summed E-state index contributed by atoms with van der Waals surface area (Å²) in [5, 5.41) is 14.4. The Morgan fingerprint density at radius 1 is 0.970 bits per heavy atom. The third-order valence-corrected chi connectivity index (χ3v) is 5.68. The monoisotopic (exact) mass is 499 g/mol. The number of hydrazone groups is 1. The fourth-order valence-electron chi connectivity index (χ4n) is 3.65. The van der Waals surface area contributed by atoms with Gasteiger partial charge in [-0.25, -0.2) is 5.43 Å². The van der Waals surface area contributed by atoms with Crippen LogP contribution in [-0.4, -0.2) is 22.2 Å². The van der Waals surface area contributed by atoms with Gasteiger partial charge in [-0.05, 0) is 60.2 Å². The number of halogens is 1. The molecule has 0 spiro atoms. The van der Waals surface area contributed by atoms with Crippen LogP contribution in [0.5, 0.6) is 5.75 Å². The second-order valence-corrected chi connectivity index (χ2v) is 8.29. The Labute approximate surface area is 197 Å². The molecule has 6 nitrogen and oxygen atoms in total. The van der Waals surface area contributed by atoms with Gasteiger partial charge in [0.05, 0.1) is 6.21 Å². The molecule has 3 N–H and O–H groups in total. The van der Waals surface area contributed by atoms with E-state index in [-0.39, 0.29) is 11.7 Å². The van der Waals surface area contributed by atoms with Crippen molar-refractivity contribution in [2.75, 3.05) is 0 Å². The van der Waals surface area contributed by atoms with Crippen LogP contribution in [0.25, 0.3) is 33.4 Å². The summed E-state index contributed by atoms with van der Waals surface area (Å²) in [5.74, 6) is 0.953. The molecule has 0 bridgehead atoms. The summed E-state index contributed by atoms with van der Waals surface area (Å²) in [5.41, 5.74) is 6.44. The SMILES string of the molecule is O=C(N/N=C/c1ccc(-c2ccc(O)cc2)o1)c1[nH]c2ccc(Br)cc2c1-c1ccccc1. The van der Waals surface area contributed by atoms with Crippen molar-refractivity contribution in [1.82, 2.24) is 10.4 Å². The van der Waals surface area contributed by atoms with Crippen molar-refractivity contribution in [3.63, 3.8) is 0 Å². The minimum Gasteiger partial charge on any atom is -0.508 e. The number of phenols is 1. The molecule has 0 aliphatic heterocycles. The Morgan fingerprint density at radius 2 is 1.76 bits per heavy atom. The van der Waals surface area contributed by atoms with E-state index in [4.69, 9.17) is 4.42 Å². The number of furan rings is 1. The van der Waals surface area contributed by atoms with E-state index in [2.05, 4.69) is 31.4 Å². The van der Waals surface area contributed by atoms with E-state index < -0.39 is 0 Å². The largest absolute Gasteiger partial charge is 0.508 e. The minimum atomic E-state index is -0.359. The van der Waals surface area contributed by atoms with Crippen LogP contribution in [-0.2, 0) is 0 Å². The summed E-state index contributed by atoms with van der Waals surface area (Å²) in [6, 6.07) is 25.9. The average molecular weight is 500 g/mol. The van der Waals surface area contributed by atoms with Crippen molar-refractivity contribution >= 4 is 39.0 Å². The maximum atomic E-state index is 13.0. The van der Waals surface area contributed by atoms with Crippen LogP contribution in [0.4, 0.5) is 0 Å². The molecule has 0 unspecified atom stereocenters. The number of nitrogens with zero attached hydrogens (tertiary/aromatic N) is 1. The first-order chi connectivity index (χ1) is 16.1. The van der Waals surface area contributed by atoms with Crippen molar-refractivity contribution in [1.29, 1.82) is 0 Å². The lowest BCUT2D eigenvalue weighted by Gasteiger charge is -2.04. The van der Waals surface area contributed by atoms with E-state index >= 15 is 0 Å². The fraction of sp³-hybridized carbons (Fsp3) is 0. The minimum absolute atomic E-state index is 0.189. The van der Waals surface area contributed by atoms with Gasteiger partial charge in [0, 0.05) is 26.5 Å². The van der Waals surface area contributed by atoms with E-state index in [0.717, 1.165) is 32.1 Å². The van der Waals surface area contributed by atoms with Crippen molar-refractivity contribution in [3.05, 3.63) is 101 Å². The normalized spacial score (nSPS) is 11.3. The molecule has 5 rings (SSSR count). The van der Waals surface area contributed by atoms with Gasteiger partial charge in [-0.3, -0.25) is 4.79 Å². The zero-order chi connectivity index (χ0) is 22.8. The van der Waals surface area contributed by atoms with E-state index in [1.807, 2.05) is 48.5 Å². The molecular formula is C26H18BrN3O3. The summed E-state index contributed by atoms with van der Waals surface area (Å²) in [6.45, 7) is 0. The van der Waals surface area contributed by atoms with Crippen LogP contribution in [0.3, 0.4) is 0 Å². The van der Waals surface area contributed by atoms with Crippen molar-refractivity contribution in [3.8, 4) is 28.2 Å². The van der Waals surface area contributed by atoms with E-state index in [0.29, 0.717) is 17.2 Å². The number of aromatic hydroxyl groups is 1. The number of rotatable bonds is 5. The van der Waals surface area contributed by atoms with Gasteiger partial charge >= 0.3 is 0 Å². The van der Waals surface area contributed by atoms with Crippen molar-refractivity contribution in [2.24, 2.45) is 5.10 Å². The second-order valence-electron chi connectivity index (χ2n) is 7.38. The Hall–Kier alpha value is -4.10. The van der Waals surface area contributed by atoms with E-state index in [9.17, 15) is 9.90 Å². The molecule has 0 fully saturated rings. The molecule has 2 aromatic heterocycles. The second kappa shape index (κ2) is 8.80. The van der Waals surface area contributed by atoms with Crippen LogP contribution in [0.1, 0.15) is 16.2 Å². The fourth-order valence-corrected chi connectivity index (χ4v) is 4.01. The number of aromatic amines is 1. The quantitative estimate of drug-likeness (QED) is 0.195. The Balaban J connectivity index is 1.40. The lowest BCUT2D eigenvalue weighted by Crippen LogP contribution is -2.18. The van der Waals surface area contributed by atoms with Gasteiger partial charge in [0.1, 0.15) is 23.0 Å². The number of hydrogen-bond acceptors (Lipinski definition) is 4. The average Bonchev–Trinajstić information content (AvgIpc) is 3.45. The Morgan fingerprint density at radius 3 is 2.55 bits per heavy atom. The molecule has 0 atom stereocenters. The summed E-state index contributed by atoms with van der Waals surface area (Å²) >= 11 is 3.51. The van der Waals surface area contributed by atoms with Gasteiger partial charge in [-0.1, -0.05) is 46.3 Å². The van der Waals surface area contributed by atoms with E-state index in [1.165, 1.54) is 6.21 Å². The first kappa shape index (κ1) is 20.8. The number of carbonyl (C=O) groups excluding carboxylic acids is 1. The molecule has 3 aromatic carbocycles. The lowest BCUT2D eigenvalue weighted by molar-refractivity contribution is 0.0951. The van der Waals surface area contributed by atoms with Crippen LogP contribution in [0.2, 0.25) is 0 Å². The molecule has 0 saturated carbocycles. The zero-order valence-electron chi connectivity index (χ0n) is 17.2. The maximum Gasteiger partial charge on any atom is 0.288 e. The number of fused-ring (bicyclic) bond motifs is 1. The van der Waals surface area contributed by atoms with Gasteiger partial charge in [0.25, 0.3) is 5.91 Å². The lowest BCUT2D eigenvalue weighted by atomic mass is 10.0. The van der Waals surface area contributed by atoms with Gasteiger partial charge in [-0.15, -0.1) is 0 Å². The number of carbonyl (C=O) groups is 1. The number of H-pyrrole nitrogens is 1. The van der Waals surface area contributed by atoms with Crippen molar-refractivity contribution < 1.29 is 14.3 Å². The number of nitrogens with one attached hydrogen (secondary N) is 2. The third kappa shape index (κ3) is 4.31. The first-order valence-electron chi connectivity index (χ1n) is 10.2. The van der Waals surface area contributed by atoms with Gasteiger partial charge in [0.15, 0.2) is 0 Å². The van der Waals surface area contributed by atoms with Crippen LogP contribution in [0, 0.1) is 0 Å². The molecular weight excluding hydrogens is 482 g/mol.